The van der Waals surface area contributed by atoms with Crippen LogP contribution < -0.4 is 0 Å². The molecule has 0 bridgehead atoms. The van der Waals surface area contributed by atoms with Gasteiger partial charge in [0.15, 0.2) is 0 Å². The van der Waals surface area contributed by atoms with E-state index in [4.69, 9.17) is 0 Å². The molecule has 0 radical (unpaired) electrons. The molecule has 1 aliphatic carbocycles. The molecule has 3 nitrogen and oxygen atoms in total. The first-order valence-corrected chi connectivity index (χ1v) is 7.93. The van der Waals surface area contributed by atoms with Crippen molar-refractivity contribution < 1.29 is 9.90 Å². The molecule has 0 spiro atoms. The lowest BCUT2D eigenvalue weighted by atomic mass is 10.1. The predicted molar refractivity (Wildman–Crippen MR) is 90.1 cm³/mol. The van der Waals surface area contributed by atoms with Crippen LogP contribution in [0.4, 0.5) is 0 Å². The molecule has 2 aliphatic rings. The Morgan fingerprint density at radius 1 is 1.29 bits per heavy atom. The minimum atomic E-state index is -0.265. The van der Waals surface area contributed by atoms with Gasteiger partial charge in [-0.2, -0.15) is 0 Å². The van der Waals surface area contributed by atoms with E-state index in [0.717, 1.165) is 31.3 Å². The van der Waals surface area contributed by atoms with E-state index in [0.29, 0.717) is 6.04 Å². The molecule has 1 saturated heterocycles. The topological polar surface area (TPSA) is 40.5 Å². The Morgan fingerprint density at radius 2 is 1.90 bits per heavy atom. The molecule has 1 aliphatic heterocycles. The molecule has 2 rings (SSSR count). The Kier molecular flexibility index (Phi) is 9.72. The summed E-state index contributed by atoms with van der Waals surface area (Å²) in [6.07, 6.45) is 9.06. The summed E-state index contributed by atoms with van der Waals surface area (Å²) < 4.78 is 0. The minimum absolute atomic E-state index is 0.265. The maximum absolute atomic E-state index is 10.7. The number of aliphatic hydroxyl groups excluding tert-OH is 1. The quantitative estimate of drug-likeness (QED) is 0.797. The molecule has 1 heterocycles. The molecule has 0 aromatic carbocycles. The number of hydrogen-bond donors (Lipinski definition) is 1. The first-order valence-electron chi connectivity index (χ1n) is 7.93. The van der Waals surface area contributed by atoms with Gasteiger partial charge in [0.1, 0.15) is 0 Å². The van der Waals surface area contributed by atoms with Crippen molar-refractivity contribution in [2.24, 2.45) is 0 Å². The second kappa shape index (κ2) is 10.4. The van der Waals surface area contributed by atoms with Gasteiger partial charge in [-0.15, -0.1) is 0 Å². The van der Waals surface area contributed by atoms with Crippen molar-refractivity contribution in [3.63, 3.8) is 0 Å². The Hall–Kier alpha value is -1.35. The molecule has 0 aromatic rings. The van der Waals surface area contributed by atoms with Gasteiger partial charge in [0, 0.05) is 19.5 Å². The zero-order chi connectivity index (χ0) is 16.4. The van der Waals surface area contributed by atoms with Gasteiger partial charge in [0.2, 0.25) is 5.91 Å². The monoisotopic (exact) mass is 293 g/mol. The zero-order valence-corrected chi connectivity index (χ0v) is 14.2. The number of amides is 1. The van der Waals surface area contributed by atoms with Crippen molar-refractivity contribution in [2.45, 2.75) is 65.5 Å². The molecule has 21 heavy (non-hydrogen) atoms. The maximum Gasteiger partial charge on any atom is 0.222 e. The van der Waals surface area contributed by atoms with Gasteiger partial charge in [-0.3, -0.25) is 4.79 Å². The summed E-state index contributed by atoms with van der Waals surface area (Å²) in [6.45, 7) is 11.7. The lowest BCUT2D eigenvalue weighted by Gasteiger charge is -2.13. The fourth-order valence-corrected chi connectivity index (χ4v) is 2.41. The summed E-state index contributed by atoms with van der Waals surface area (Å²) in [4.78, 5) is 12.5. The minimum Gasteiger partial charge on any atom is -0.388 e. The van der Waals surface area contributed by atoms with Gasteiger partial charge in [-0.1, -0.05) is 38.7 Å². The molecule has 1 saturated carbocycles. The van der Waals surface area contributed by atoms with Crippen molar-refractivity contribution >= 4 is 5.91 Å². The summed E-state index contributed by atoms with van der Waals surface area (Å²) >= 11 is 0. The van der Waals surface area contributed by atoms with Crippen molar-refractivity contribution in [3.05, 3.63) is 36.0 Å². The van der Waals surface area contributed by atoms with Crippen molar-refractivity contribution in [1.29, 1.82) is 0 Å². The fourth-order valence-electron chi connectivity index (χ4n) is 2.41. The Bertz CT molecular complexity index is 396. The van der Waals surface area contributed by atoms with Crippen LogP contribution in [-0.4, -0.2) is 35.1 Å². The van der Waals surface area contributed by atoms with Crippen LogP contribution in [0.3, 0.4) is 0 Å². The predicted octanol–water partition coefficient (Wildman–Crippen LogP) is 3.85. The standard InChI is InChI=1S/C10H14O.C6H11NO.C2H6/c1-3-5-9-8(4-2)6-7-10(9)11;1-5-3-4-6(8)7(5)2;1-2/h3-5,10-11H,1,6-7H2,2H3;5H,3-4H2,1-2H3;1-2H3/b8-4-,9-5+;;/t;5-;/m.1./s1. The van der Waals surface area contributed by atoms with Crippen molar-refractivity contribution in [2.75, 3.05) is 7.05 Å². The van der Waals surface area contributed by atoms with Crippen molar-refractivity contribution in [3.8, 4) is 0 Å². The Balaban J connectivity index is 0.000000354. The average Bonchev–Trinajstić information content (AvgIpc) is 3.00. The first-order chi connectivity index (χ1) is 10.0. The van der Waals surface area contributed by atoms with Gasteiger partial charge >= 0.3 is 0 Å². The van der Waals surface area contributed by atoms with Crippen LogP contribution in [-0.2, 0) is 4.79 Å². The number of carbonyl (C=O) groups is 1. The molecule has 3 heteroatoms. The van der Waals surface area contributed by atoms with Crippen LogP contribution in [0.2, 0.25) is 0 Å². The van der Waals surface area contributed by atoms with Crippen LogP contribution >= 0.6 is 0 Å². The summed E-state index contributed by atoms with van der Waals surface area (Å²) in [5.74, 6) is 0.289. The van der Waals surface area contributed by atoms with Gasteiger partial charge in [0.05, 0.1) is 6.10 Å². The lowest BCUT2D eigenvalue weighted by Crippen LogP contribution is -2.25. The van der Waals surface area contributed by atoms with Gasteiger partial charge in [0.25, 0.3) is 0 Å². The van der Waals surface area contributed by atoms with E-state index >= 15 is 0 Å². The third-order valence-corrected chi connectivity index (χ3v) is 3.89. The number of rotatable bonds is 1. The van der Waals surface area contributed by atoms with Crippen LogP contribution in [0, 0.1) is 0 Å². The Labute approximate surface area is 130 Å². The van der Waals surface area contributed by atoms with Crippen molar-refractivity contribution in [1.82, 2.24) is 4.90 Å². The van der Waals surface area contributed by atoms with E-state index in [2.05, 4.69) is 19.6 Å². The molecule has 1 unspecified atom stereocenters. The first kappa shape index (κ1) is 19.7. The summed E-state index contributed by atoms with van der Waals surface area (Å²) in [7, 11) is 1.86. The molecule has 2 fully saturated rings. The number of likely N-dealkylation sites (tertiary alicyclic amines) is 1. The van der Waals surface area contributed by atoms with Crippen LogP contribution in [0.25, 0.3) is 0 Å². The molecule has 1 amide bonds. The number of hydrogen-bond acceptors (Lipinski definition) is 2. The van der Waals surface area contributed by atoms with Crippen LogP contribution in [0.15, 0.2) is 36.0 Å². The van der Waals surface area contributed by atoms with Gasteiger partial charge in [-0.05, 0) is 44.3 Å². The summed E-state index contributed by atoms with van der Waals surface area (Å²) in [6, 6.07) is 0.475. The third-order valence-electron chi connectivity index (χ3n) is 3.89. The molecule has 1 N–H and O–H groups in total. The average molecular weight is 293 g/mol. The maximum atomic E-state index is 10.7. The highest BCUT2D eigenvalue weighted by atomic mass is 16.3. The SMILES string of the molecule is C=C/C=C1\C(=C/C)CCC1O.CC.C[C@@H]1CCC(=O)N1C. The lowest BCUT2D eigenvalue weighted by molar-refractivity contribution is -0.127. The van der Waals surface area contributed by atoms with Crippen LogP contribution in [0.1, 0.15) is 53.4 Å². The normalized spacial score (nSPS) is 28.1. The highest BCUT2D eigenvalue weighted by Gasteiger charge is 2.23. The fraction of sp³-hybridized carbons (Fsp3) is 0.611. The van der Waals surface area contributed by atoms with E-state index in [1.807, 2.05) is 33.9 Å². The molecule has 120 valence electrons. The van der Waals surface area contributed by atoms with E-state index in [9.17, 15) is 9.90 Å². The highest BCUT2D eigenvalue weighted by Crippen LogP contribution is 2.30. The van der Waals surface area contributed by atoms with Gasteiger partial charge < -0.3 is 10.0 Å². The second-order valence-corrected chi connectivity index (χ2v) is 5.12. The second-order valence-electron chi connectivity index (χ2n) is 5.12. The summed E-state index contributed by atoms with van der Waals surface area (Å²) in [5.41, 5.74) is 2.31. The van der Waals surface area contributed by atoms with Crippen LogP contribution in [0.5, 0.6) is 0 Å². The molecule has 0 aromatic heterocycles. The highest BCUT2D eigenvalue weighted by molar-refractivity contribution is 5.78. The van der Waals surface area contributed by atoms with E-state index in [1.54, 1.807) is 11.0 Å². The molecular weight excluding hydrogens is 262 g/mol. The number of nitrogens with zero attached hydrogens (tertiary/aromatic N) is 1. The Morgan fingerprint density at radius 3 is 2.24 bits per heavy atom. The molecule has 2 atom stereocenters. The largest absolute Gasteiger partial charge is 0.388 e. The molecular formula is C18H31NO2. The number of allylic oxidation sites excluding steroid dienone is 3. The number of aliphatic hydroxyl groups is 1. The zero-order valence-electron chi connectivity index (χ0n) is 14.2. The van der Waals surface area contributed by atoms with E-state index < -0.39 is 0 Å². The smallest absolute Gasteiger partial charge is 0.222 e. The summed E-state index contributed by atoms with van der Waals surface area (Å²) in [5, 5.41) is 9.46. The van der Waals surface area contributed by atoms with E-state index in [1.165, 1.54) is 5.57 Å². The number of carbonyl (C=O) groups excluding carboxylic acids is 1. The third kappa shape index (κ3) is 5.88. The van der Waals surface area contributed by atoms with E-state index in [-0.39, 0.29) is 12.0 Å². The van der Waals surface area contributed by atoms with Gasteiger partial charge in [-0.25, -0.2) is 0 Å².